The highest BCUT2D eigenvalue weighted by Gasteiger charge is 2.58. The lowest BCUT2D eigenvalue weighted by molar-refractivity contribution is 0.0992. The first-order chi connectivity index (χ1) is 14.5. The predicted octanol–water partition coefficient (Wildman–Crippen LogP) is 3.00. The van der Waals surface area contributed by atoms with Crippen LogP contribution >= 0.6 is 0 Å². The lowest BCUT2D eigenvalue weighted by Crippen LogP contribution is -2.53. The monoisotopic (exact) mass is 403 g/mol. The van der Waals surface area contributed by atoms with Gasteiger partial charge >= 0.3 is 6.09 Å². The van der Waals surface area contributed by atoms with E-state index in [-0.39, 0.29) is 25.4 Å². The minimum atomic E-state index is -1.82. The SMILES string of the molecule is CCOC(=O)N1CC=C2C(C#N)C(=N)C(C#N)(C#N)[C@@H](c3ccc(OC)cc3)[C@H]2C1. The summed E-state index contributed by atoms with van der Waals surface area (Å²) in [6.45, 7) is 2.38. The van der Waals surface area contributed by atoms with Crippen molar-refractivity contribution in [1.82, 2.24) is 4.90 Å². The summed E-state index contributed by atoms with van der Waals surface area (Å²) in [5, 5.41) is 38.4. The third-order valence-electron chi connectivity index (χ3n) is 5.79. The van der Waals surface area contributed by atoms with Crippen LogP contribution in [0.4, 0.5) is 4.79 Å². The molecule has 0 spiro atoms. The van der Waals surface area contributed by atoms with Crippen molar-refractivity contribution in [2.45, 2.75) is 12.8 Å². The van der Waals surface area contributed by atoms with Gasteiger partial charge in [0.15, 0.2) is 5.41 Å². The van der Waals surface area contributed by atoms with Crippen molar-refractivity contribution in [2.75, 3.05) is 26.8 Å². The number of hydrogen-bond acceptors (Lipinski definition) is 7. The molecule has 3 atom stereocenters. The van der Waals surface area contributed by atoms with Crippen LogP contribution in [0, 0.1) is 56.7 Å². The Hall–Kier alpha value is -3.83. The molecular formula is C22H21N5O3. The molecule has 152 valence electrons. The average Bonchev–Trinajstić information content (AvgIpc) is 2.78. The average molecular weight is 403 g/mol. The molecule has 0 aromatic heterocycles. The molecular weight excluding hydrogens is 382 g/mol. The molecule has 30 heavy (non-hydrogen) atoms. The summed E-state index contributed by atoms with van der Waals surface area (Å²) in [7, 11) is 1.54. The topological polar surface area (TPSA) is 134 Å². The molecule has 1 aromatic carbocycles. The fourth-order valence-electron chi connectivity index (χ4n) is 4.36. The lowest BCUT2D eigenvalue weighted by atomic mass is 9.54. The molecule has 0 saturated heterocycles. The first-order valence-electron chi connectivity index (χ1n) is 9.54. The number of amides is 1. The molecule has 3 rings (SSSR count). The molecule has 1 N–H and O–H groups in total. The summed E-state index contributed by atoms with van der Waals surface area (Å²) >= 11 is 0. The molecule has 1 heterocycles. The van der Waals surface area contributed by atoms with E-state index >= 15 is 0 Å². The molecule has 8 heteroatoms. The van der Waals surface area contributed by atoms with Gasteiger partial charge in [-0.15, -0.1) is 0 Å². The van der Waals surface area contributed by atoms with E-state index in [1.807, 2.05) is 12.1 Å². The Morgan fingerprint density at radius 2 is 1.93 bits per heavy atom. The van der Waals surface area contributed by atoms with Gasteiger partial charge in [0.2, 0.25) is 0 Å². The van der Waals surface area contributed by atoms with Crippen molar-refractivity contribution in [1.29, 1.82) is 21.2 Å². The van der Waals surface area contributed by atoms with Crippen LogP contribution in [0.1, 0.15) is 18.4 Å². The van der Waals surface area contributed by atoms with E-state index in [2.05, 4.69) is 6.07 Å². The molecule has 0 radical (unpaired) electrons. The van der Waals surface area contributed by atoms with Gasteiger partial charge in [-0.05, 0) is 30.2 Å². The Bertz CT molecular complexity index is 995. The number of nitrogens with one attached hydrogen (secondary N) is 1. The zero-order valence-corrected chi connectivity index (χ0v) is 16.8. The highest BCUT2D eigenvalue weighted by Crippen LogP contribution is 2.53. The molecule has 2 aliphatic rings. The number of methoxy groups -OCH3 is 1. The number of carbonyl (C=O) groups excluding carboxylic acids is 1. The number of hydrogen-bond donors (Lipinski definition) is 1. The number of rotatable bonds is 3. The Balaban J connectivity index is 2.17. The second-order valence-electron chi connectivity index (χ2n) is 7.17. The Morgan fingerprint density at radius 1 is 1.27 bits per heavy atom. The van der Waals surface area contributed by atoms with Crippen molar-refractivity contribution < 1.29 is 14.3 Å². The van der Waals surface area contributed by atoms with E-state index in [1.54, 1.807) is 37.3 Å². The summed E-state index contributed by atoms with van der Waals surface area (Å²) in [4.78, 5) is 13.8. The van der Waals surface area contributed by atoms with Crippen LogP contribution in [0.3, 0.4) is 0 Å². The number of fused-ring (bicyclic) bond motifs is 1. The van der Waals surface area contributed by atoms with E-state index in [0.29, 0.717) is 16.9 Å². The van der Waals surface area contributed by atoms with Gasteiger partial charge in [0, 0.05) is 24.9 Å². The molecule has 1 fully saturated rings. The normalized spacial score (nSPS) is 24.4. The van der Waals surface area contributed by atoms with Crippen LogP contribution in [0.2, 0.25) is 0 Å². The fourth-order valence-corrected chi connectivity index (χ4v) is 4.36. The number of nitrogens with zero attached hydrogens (tertiary/aromatic N) is 4. The number of benzene rings is 1. The summed E-state index contributed by atoms with van der Waals surface area (Å²) in [5.74, 6) is -1.56. The highest BCUT2D eigenvalue weighted by atomic mass is 16.6. The Morgan fingerprint density at radius 3 is 2.47 bits per heavy atom. The lowest BCUT2D eigenvalue weighted by Gasteiger charge is -2.47. The quantitative estimate of drug-likeness (QED) is 0.771. The summed E-state index contributed by atoms with van der Waals surface area (Å²) < 4.78 is 10.3. The maximum atomic E-state index is 12.3. The third kappa shape index (κ3) is 3.15. The number of carbonyl (C=O) groups is 1. The van der Waals surface area contributed by atoms with Crippen LogP contribution in [0.5, 0.6) is 5.75 Å². The van der Waals surface area contributed by atoms with Gasteiger partial charge in [-0.25, -0.2) is 4.79 Å². The maximum Gasteiger partial charge on any atom is 0.410 e. The molecule has 0 bridgehead atoms. The van der Waals surface area contributed by atoms with Crippen molar-refractivity contribution in [3.63, 3.8) is 0 Å². The van der Waals surface area contributed by atoms with Crippen molar-refractivity contribution >= 4 is 11.8 Å². The van der Waals surface area contributed by atoms with Crippen molar-refractivity contribution in [3.05, 3.63) is 41.5 Å². The first-order valence-corrected chi connectivity index (χ1v) is 9.54. The molecule has 1 amide bonds. The molecule has 1 aromatic rings. The van der Waals surface area contributed by atoms with E-state index in [1.165, 1.54) is 12.0 Å². The van der Waals surface area contributed by atoms with Crippen LogP contribution in [0.25, 0.3) is 0 Å². The van der Waals surface area contributed by atoms with E-state index < -0.39 is 29.3 Å². The van der Waals surface area contributed by atoms with Crippen molar-refractivity contribution in [3.8, 4) is 24.0 Å². The van der Waals surface area contributed by atoms with Crippen LogP contribution in [-0.2, 0) is 4.74 Å². The minimum Gasteiger partial charge on any atom is -0.497 e. The Labute approximate surface area is 175 Å². The zero-order valence-electron chi connectivity index (χ0n) is 16.8. The zero-order chi connectivity index (χ0) is 21.9. The van der Waals surface area contributed by atoms with Crippen LogP contribution in [0.15, 0.2) is 35.9 Å². The summed E-state index contributed by atoms with van der Waals surface area (Å²) in [6.07, 6.45) is 1.26. The number of ether oxygens (including phenoxy) is 2. The second-order valence-corrected chi connectivity index (χ2v) is 7.17. The van der Waals surface area contributed by atoms with E-state index in [4.69, 9.17) is 14.9 Å². The van der Waals surface area contributed by atoms with Gasteiger partial charge in [-0.3, -0.25) is 0 Å². The van der Waals surface area contributed by atoms with Crippen LogP contribution < -0.4 is 4.74 Å². The summed E-state index contributed by atoms with van der Waals surface area (Å²) in [5.41, 5.74) is -0.705. The second kappa shape index (κ2) is 8.27. The minimum absolute atomic E-state index is 0.192. The van der Waals surface area contributed by atoms with Crippen molar-refractivity contribution in [2.24, 2.45) is 17.3 Å². The number of nitriles is 3. The van der Waals surface area contributed by atoms with E-state index in [0.717, 1.165) is 0 Å². The van der Waals surface area contributed by atoms with Gasteiger partial charge in [0.1, 0.15) is 11.7 Å². The highest BCUT2D eigenvalue weighted by molar-refractivity contribution is 6.01. The van der Waals surface area contributed by atoms with Crippen LogP contribution in [-0.4, -0.2) is 43.5 Å². The first kappa shape index (κ1) is 20.9. The van der Waals surface area contributed by atoms with Gasteiger partial charge in [0.05, 0.1) is 37.6 Å². The predicted molar refractivity (Wildman–Crippen MR) is 106 cm³/mol. The fraction of sp³-hybridized carbons (Fsp3) is 0.409. The van der Waals surface area contributed by atoms with Gasteiger partial charge < -0.3 is 19.8 Å². The smallest absolute Gasteiger partial charge is 0.410 e. The summed E-state index contributed by atoms with van der Waals surface area (Å²) in [6, 6.07) is 13.1. The maximum absolute atomic E-state index is 12.3. The standard InChI is InChI=1S/C22H21N5O3/c1-3-30-21(28)27-9-8-16-17(10-23)20(26)22(12-24,13-25)19(18(16)11-27)14-4-6-15(29-2)7-5-14/h4-8,17-19,26H,3,9,11H2,1-2H3/t17?,18-,19-/m0/s1. The molecule has 1 saturated carbocycles. The third-order valence-corrected chi connectivity index (χ3v) is 5.79. The van der Waals surface area contributed by atoms with Gasteiger partial charge in [0.25, 0.3) is 0 Å². The van der Waals surface area contributed by atoms with Gasteiger partial charge in [-0.2, -0.15) is 15.8 Å². The molecule has 1 aliphatic heterocycles. The van der Waals surface area contributed by atoms with Gasteiger partial charge in [-0.1, -0.05) is 18.2 Å². The largest absolute Gasteiger partial charge is 0.497 e. The molecule has 1 aliphatic carbocycles. The Kier molecular flexibility index (Phi) is 5.76. The molecule has 8 nitrogen and oxygen atoms in total. The molecule has 1 unspecified atom stereocenters. The van der Waals surface area contributed by atoms with E-state index in [9.17, 15) is 20.6 Å².